The molecule has 0 aliphatic carbocycles. The molecule has 6 nitrogen and oxygen atoms in total. The van der Waals surface area contributed by atoms with E-state index < -0.39 is 15.7 Å². The zero-order valence-electron chi connectivity index (χ0n) is 18.3. The summed E-state index contributed by atoms with van der Waals surface area (Å²) >= 11 is 0. The van der Waals surface area contributed by atoms with Crippen LogP contribution in [0.15, 0.2) is 58.4 Å². The summed E-state index contributed by atoms with van der Waals surface area (Å²) in [5.41, 5.74) is 1.04. The van der Waals surface area contributed by atoms with Crippen LogP contribution >= 0.6 is 24.0 Å². The second-order valence-electron chi connectivity index (χ2n) is 7.39. The summed E-state index contributed by atoms with van der Waals surface area (Å²) in [6, 6.07) is 13.1. The zero-order valence-corrected chi connectivity index (χ0v) is 21.4. The minimum Gasteiger partial charge on any atom is -0.493 e. The molecule has 1 atom stereocenters. The Balaban J connectivity index is 0.00000480. The fourth-order valence-electron chi connectivity index (χ4n) is 2.71. The Labute approximate surface area is 201 Å². The van der Waals surface area contributed by atoms with Crippen molar-refractivity contribution >= 4 is 39.8 Å². The number of sulfone groups is 1. The van der Waals surface area contributed by atoms with Gasteiger partial charge in [0, 0.05) is 13.6 Å². The fraction of sp³-hybridized carbons (Fsp3) is 0.409. The lowest BCUT2D eigenvalue weighted by Crippen LogP contribution is -2.40. The Morgan fingerprint density at radius 2 is 1.74 bits per heavy atom. The maximum absolute atomic E-state index is 13.8. The summed E-state index contributed by atoms with van der Waals surface area (Å²) in [6.45, 7) is 6.94. The molecule has 0 bridgehead atoms. The van der Waals surface area contributed by atoms with Crippen LogP contribution in [-0.2, 0) is 9.84 Å². The van der Waals surface area contributed by atoms with E-state index in [1.807, 2.05) is 31.2 Å². The van der Waals surface area contributed by atoms with E-state index >= 15 is 0 Å². The first-order chi connectivity index (χ1) is 14.2. The molecule has 1 unspecified atom stereocenters. The van der Waals surface area contributed by atoms with Crippen LogP contribution in [0, 0.1) is 11.7 Å². The van der Waals surface area contributed by atoms with Gasteiger partial charge in [0.05, 0.1) is 18.4 Å². The third kappa shape index (κ3) is 8.64. The van der Waals surface area contributed by atoms with Gasteiger partial charge in [0.15, 0.2) is 15.8 Å². The Bertz CT molecular complexity index is 951. The second-order valence-corrected chi connectivity index (χ2v) is 9.47. The summed E-state index contributed by atoms with van der Waals surface area (Å²) in [5, 5.41) is 6.19. The first-order valence-electron chi connectivity index (χ1n) is 9.90. The normalized spacial score (nSPS) is 12.8. The number of ether oxygens (including phenoxy) is 1. The predicted octanol–water partition coefficient (Wildman–Crippen LogP) is 4.18. The molecule has 0 aromatic heterocycles. The molecular formula is C22H31FIN3O3S. The monoisotopic (exact) mass is 563 g/mol. The number of hydrogen-bond donors (Lipinski definition) is 2. The zero-order chi connectivity index (χ0) is 22.1. The molecule has 2 rings (SSSR count). The smallest absolute Gasteiger partial charge is 0.191 e. The lowest BCUT2D eigenvalue weighted by molar-refractivity contribution is 0.271. The van der Waals surface area contributed by atoms with Crippen LogP contribution in [-0.4, -0.2) is 40.3 Å². The van der Waals surface area contributed by atoms with Crippen molar-refractivity contribution in [2.75, 3.05) is 26.0 Å². The standard InChI is InChI=1S/C22H30FN3O3S.HI/c1-16(2)15-29-19-11-9-18(10-12-19)17(3)26-22(24-4)25-13-14-30(27,28)21-8-6-5-7-20(21)23;/h5-12,16-17H,13-15H2,1-4H3,(H2,24,25,26);1H. The lowest BCUT2D eigenvalue weighted by Gasteiger charge is -2.19. The highest BCUT2D eigenvalue weighted by Gasteiger charge is 2.18. The quantitative estimate of drug-likeness (QED) is 0.272. The first-order valence-corrected chi connectivity index (χ1v) is 11.6. The predicted molar refractivity (Wildman–Crippen MR) is 134 cm³/mol. The van der Waals surface area contributed by atoms with Gasteiger partial charge in [-0.3, -0.25) is 4.99 Å². The fourth-order valence-corrected chi connectivity index (χ4v) is 3.95. The topological polar surface area (TPSA) is 79.8 Å². The summed E-state index contributed by atoms with van der Waals surface area (Å²) < 4.78 is 44.1. The van der Waals surface area contributed by atoms with Crippen molar-refractivity contribution in [3.05, 3.63) is 59.9 Å². The number of aliphatic imine (C=N–C) groups is 1. The summed E-state index contributed by atoms with van der Waals surface area (Å²) in [6.07, 6.45) is 0. The Kier molecular flexibility index (Phi) is 11.3. The molecule has 0 radical (unpaired) electrons. The number of benzene rings is 2. The van der Waals surface area contributed by atoms with Crippen LogP contribution < -0.4 is 15.4 Å². The van der Waals surface area contributed by atoms with Crippen molar-refractivity contribution in [3.63, 3.8) is 0 Å². The molecule has 0 saturated heterocycles. The molecule has 2 N–H and O–H groups in total. The van der Waals surface area contributed by atoms with E-state index in [-0.39, 0.29) is 47.2 Å². The van der Waals surface area contributed by atoms with Gasteiger partial charge in [0.1, 0.15) is 16.5 Å². The van der Waals surface area contributed by atoms with Crippen molar-refractivity contribution in [2.24, 2.45) is 10.9 Å². The van der Waals surface area contributed by atoms with Crippen LogP contribution in [0.1, 0.15) is 32.4 Å². The highest BCUT2D eigenvalue weighted by molar-refractivity contribution is 14.0. The van der Waals surface area contributed by atoms with Gasteiger partial charge in [0.25, 0.3) is 0 Å². The molecule has 0 aliphatic heterocycles. The van der Waals surface area contributed by atoms with Crippen molar-refractivity contribution in [3.8, 4) is 5.75 Å². The molecule has 31 heavy (non-hydrogen) atoms. The maximum Gasteiger partial charge on any atom is 0.191 e. The Morgan fingerprint density at radius 1 is 1.10 bits per heavy atom. The number of halogens is 2. The van der Waals surface area contributed by atoms with E-state index in [1.54, 1.807) is 7.05 Å². The van der Waals surface area contributed by atoms with Crippen LogP contribution in [0.5, 0.6) is 5.75 Å². The largest absolute Gasteiger partial charge is 0.493 e. The SMILES string of the molecule is CN=C(NCCS(=O)(=O)c1ccccc1F)NC(C)c1ccc(OCC(C)C)cc1.I. The molecule has 0 fully saturated rings. The minimum absolute atomic E-state index is 0. The number of nitrogens with zero attached hydrogens (tertiary/aromatic N) is 1. The van der Waals surface area contributed by atoms with Crippen LogP contribution in [0.4, 0.5) is 4.39 Å². The first kappa shape index (κ1) is 27.2. The van der Waals surface area contributed by atoms with Crippen LogP contribution in [0.25, 0.3) is 0 Å². The van der Waals surface area contributed by atoms with E-state index in [0.717, 1.165) is 17.4 Å². The van der Waals surface area contributed by atoms with Crippen molar-refractivity contribution in [1.82, 2.24) is 10.6 Å². The average molecular weight is 563 g/mol. The molecule has 2 aromatic carbocycles. The van der Waals surface area contributed by atoms with Gasteiger partial charge >= 0.3 is 0 Å². The molecule has 2 aromatic rings. The Hall–Kier alpha value is -1.88. The average Bonchev–Trinajstić information content (AvgIpc) is 2.71. The van der Waals surface area contributed by atoms with Gasteiger partial charge < -0.3 is 15.4 Å². The highest BCUT2D eigenvalue weighted by Crippen LogP contribution is 2.18. The molecule has 0 spiro atoms. The summed E-state index contributed by atoms with van der Waals surface area (Å²) in [5.74, 6) is 0.758. The van der Waals surface area contributed by atoms with Gasteiger partial charge in [-0.25, -0.2) is 12.8 Å². The molecule has 9 heteroatoms. The third-order valence-corrected chi connectivity index (χ3v) is 6.12. The third-order valence-electron chi connectivity index (χ3n) is 4.38. The highest BCUT2D eigenvalue weighted by atomic mass is 127. The molecule has 172 valence electrons. The van der Waals surface area contributed by atoms with Crippen LogP contribution in [0.3, 0.4) is 0 Å². The van der Waals surface area contributed by atoms with Crippen LogP contribution in [0.2, 0.25) is 0 Å². The molecule has 0 heterocycles. The minimum atomic E-state index is -3.73. The van der Waals surface area contributed by atoms with Gasteiger partial charge in [0.2, 0.25) is 0 Å². The van der Waals surface area contributed by atoms with E-state index in [0.29, 0.717) is 18.5 Å². The van der Waals surface area contributed by atoms with Gasteiger partial charge in [-0.2, -0.15) is 0 Å². The van der Waals surface area contributed by atoms with E-state index in [1.165, 1.54) is 18.2 Å². The van der Waals surface area contributed by atoms with E-state index in [4.69, 9.17) is 4.74 Å². The molecular weight excluding hydrogens is 532 g/mol. The van der Waals surface area contributed by atoms with Crippen molar-refractivity contribution in [2.45, 2.75) is 31.7 Å². The summed E-state index contributed by atoms with van der Waals surface area (Å²) in [7, 11) is -2.12. The van der Waals surface area contributed by atoms with E-state index in [2.05, 4.69) is 29.5 Å². The van der Waals surface area contributed by atoms with Crippen molar-refractivity contribution < 1.29 is 17.5 Å². The molecule has 0 saturated carbocycles. The van der Waals surface area contributed by atoms with Crippen molar-refractivity contribution in [1.29, 1.82) is 0 Å². The number of guanidine groups is 1. The number of rotatable bonds is 9. The molecule has 0 amide bonds. The van der Waals surface area contributed by atoms with Gasteiger partial charge in [-0.05, 0) is 42.7 Å². The maximum atomic E-state index is 13.8. The number of hydrogen-bond acceptors (Lipinski definition) is 4. The number of nitrogens with one attached hydrogen (secondary N) is 2. The van der Waals surface area contributed by atoms with Gasteiger partial charge in [-0.1, -0.05) is 38.1 Å². The van der Waals surface area contributed by atoms with E-state index in [9.17, 15) is 12.8 Å². The lowest BCUT2D eigenvalue weighted by atomic mass is 10.1. The second kappa shape index (κ2) is 12.8. The Morgan fingerprint density at radius 3 is 2.32 bits per heavy atom. The summed E-state index contributed by atoms with van der Waals surface area (Å²) in [4.78, 5) is 3.84. The van der Waals surface area contributed by atoms with Gasteiger partial charge in [-0.15, -0.1) is 24.0 Å². The molecule has 0 aliphatic rings.